The number of aliphatic hydroxyl groups is 1. The summed E-state index contributed by atoms with van der Waals surface area (Å²) in [4.78, 5) is 2.75. The maximum Gasteiger partial charge on any atom is 0.435 e. The number of hydrogen-bond donors (Lipinski definition) is 2. The van der Waals surface area contributed by atoms with Crippen molar-refractivity contribution in [2.24, 2.45) is 0 Å². The molecular formula is C8H7F5N2O. The van der Waals surface area contributed by atoms with Gasteiger partial charge >= 0.3 is 6.18 Å². The monoisotopic (exact) mass is 242 g/mol. The summed E-state index contributed by atoms with van der Waals surface area (Å²) >= 11 is 0. The van der Waals surface area contributed by atoms with Crippen LogP contribution in [0.3, 0.4) is 0 Å². The molecule has 1 aromatic heterocycles. The van der Waals surface area contributed by atoms with Crippen molar-refractivity contribution in [2.45, 2.75) is 19.2 Å². The summed E-state index contributed by atoms with van der Waals surface area (Å²) in [6.45, 7) is -0.852. The zero-order valence-corrected chi connectivity index (χ0v) is 7.72. The zero-order chi connectivity index (χ0) is 12.5. The van der Waals surface area contributed by atoms with Crippen molar-refractivity contribution >= 4 is 5.69 Å². The molecule has 0 bridgehead atoms. The number of halogens is 5. The Morgan fingerprint density at radius 2 is 1.94 bits per heavy atom. The molecule has 8 heteroatoms. The predicted molar refractivity (Wildman–Crippen MR) is 44.5 cm³/mol. The van der Waals surface area contributed by atoms with Crippen LogP contribution in [0.4, 0.5) is 27.6 Å². The molecule has 0 fully saturated rings. The van der Waals surface area contributed by atoms with Crippen LogP contribution < -0.4 is 5.73 Å². The van der Waals surface area contributed by atoms with Crippen molar-refractivity contribution in [2.75, 3.05) is 5.73 Å². The molecule has 3 nitrogen and oxygen atoms in total. The van der Waals surface area contributed by atoms with Crippen LogP contribution in [0.2, 0.25) is 0 Å². The number of hydrogen-bond acceptors (Lipinski definition) is 3. The van der Waals surface area contributed by atoms with Gasteiger partial charge in [0.2, 0.25) is 0 Å². The van der Waals surface area contributed by atoms with Crippen molar-refractivity contribution in [1.29, 1.82) is 0 Å². The van der Waals surface area contributed by atoms with E-state index in [4.69, 9.17) is 10.8 Å². The number of anilines is 1. The van der Waals surface area contributed by atoms with Crippen LogP contribution in [-0.4, -0.2) is 10.1 Å². The maximum atomic E-state index is 12.3. The summed E-state index contributed by atoms with van der Waals surface area (Å²) < 4.78 is 61.5. The van der Waals surface area contributed by atoms with Gasteiger partial charge in [0, 0.05) is 5.56 Å². The average Bonchev–Trinajstić information content (AvgIpc) is 2.14. The van der Waals surface area contributed by atoms with Gasteiger partial charge in [0.15, 0.2) is 5.69 Å². The van der Waals surface area contributed by atoms with Gasteiger partial charge in [-0.3, -0.25) is 0 Å². The van der Waals surface area contributed by atoms with Gasteiger partial charge < -0.3 is 10.8 Å². The highest BCUT2D eigenvalue weighted by molar-refractivity contribution is 5.48. The molecule has 0 saturated carbocycles. The van der Waals surface area contributed by atoms with Crippen LogP contribution in [0, 0.1) is 0 Å². The van der Waals surface area contributed by atoms with Crippen molar-refractivity contribution in [3.8, 4) is 0 Å². The summed E-state index contributed by atoms with van der Waals surface area (Å²) in [5, 5.41) is 8.68. The first kappa shape index (κ1) is 12.6. The highest BCUT2D eigenvalue weighted by Gasteiger charge is 2.36. The van der Waals surface area contributed by atoms with Crippen LogP contribution in [-0.2, 0) is 12.8 Å². The first-order valence-corrected chi connectivity index (χ1v) is 4.03. The summed E-state index contributed by atoms with van der Waals surface area (Å²) in [5.41, 5.74) is 1.13. The lowest BCUT2D eigenvalue weighted by Crippen LogP contribution is -2.15. The van der Waals surface area contributed by atoms with Gasteiger partial charge in [0.1, 0.15) is 5.69 Å². The van der Waals surface area contributed by atoms with Crippen LogP contribution in [0.15, 0.2) is 6.07 Å². The van der Waals surface area contributed by atoms with E-state index in [1.165, 1.54) is 0 Å². The fourth-order valence-corrected chi connectivity index (χ4v) is 1.13. The minimum absolute atomic E-state index is 0.416. The number of rotatable bonds is 2. The van der Waals surface area contributed by atoms with E-state index in [-0.39, 0.29) is 0 Å². The third-order valence-corrected chi connectivity index (χ3v) is 1.81. The van der Waals surface area contributed by atoms with E-state index in [9.17, 15) is 22.0 Å². The van der Waals surface area contributed by atoms with E-state index in [1.807, 2.05) is 0 Å². The van der Waals surface area contributed by atoms with E-state index in [2.05, 4.69) is 4.98 Å². The Morgan fingerprint density at radius 3 is 2.31 bits per heavy atom. The molecule has 1 heterocycles. The largest absolute Gasteiger partial charge is 0.435 e. The fraction of sp³-hybridized carbons (Fsp3) is 0.375. The first-order valence-electron chi connectivity index (χ1n) is 4.03. The zero-order valence-electron chi connectivity index (χ0n) is 7.72. The van der Waals surface area contributed by atoms with Gasteiger partial charge in [0.05, 0.1) is 12.3 Å². The van der Waals surface area contributed by atoms with Gasteiger partial charge in [-0.2, -0.15) is 13.2 Å². The molecule has 0 radical (unpaired) electrons. The SMILES string of the molecule is Nc1cc(CO)c(C(F)F)nc1C(F)(F)F. The van der Waals surface area contributed by atoms with Crippen molar-refractivity contribution in [3.63, 3.8) is 0 Å². The Bertz CT molecular complexity index is 391. The highest BCUT2D eigenvalue weighted by Crippen LogP contribution is 2.34. The third-order valence-electron chi connectivity index (χ3n) is 1.81. The third kappa shape index (κ3) is 2.38. The number of aliphatic hydroxyl groups excluding tert-OH is 1. The second kappa shape index (κ2) is 4.20. The molecule has 0 aliphatic carbocycles. The molecule has 1 rings (SSSR count). The average molecular weight is 242 g/mol. The summed E-state index contributed by atoms with van der Waals surface area (Å²) in [6.07, 6.45) is -8.11. The fourth-order valence-electron chi connectivity index (χ4n) is 1.13. The quantitative estimate of drug-likeness (QED) is 0.781. The highest BCUT2D eigenvalue weighted by atomic mass is 19.4. The van der Waals surface area contributed by atoms with E-state index in [0.717, 1.165) is 0 Å². The Kier molecular flexibility index (Phi) is 3.32. The first-order chi connectivity index (χ1) is 7.27. The summed E-state index contributed by atoms with van der Waals surface area (Å²) in [7, 11) is 0. The molecule has 3 N–H and O–H groups in total. The number of aromatic nitrogens is 1. The lowest BCUT2D eigenvalue weighted by Gasteiger charge is -2.13. The Balaban J connectivity index is 3.39. The molecule has 0 aromatic carbocycles. The van der Waals surface area contributed by atoms with Crippen molar-refractivity contribution < 1.29 is 27.1 Å². The van der Waals surface area contributed by atoms with Gasteiger partial charge in [-0.15, -0.1) is 0 Å². The number of pyridine rings is 1. The smallest absolute Gasteiger partial charge is 0.397 e. The van der Waals surface area contributed by atoms with Crippen LogP contribution in [0.25, 0.3) is 0 Å². The topological polar surface area (TPSA) is 59.1 Å². The molecule has 0 amide bonds. The minimum Gasteiger partial charge on any atom is -0.397 e. The van der Waals surface area contributed by atoms with Gasteiger partial charge in [-0.25, -0.2) is 13.8 Å². The second-order valence-electron chi connectivity index (χ2n) is 2.93. The predicted octanol–water partition coefficient (Wildman–Crippen LogP) is 2.11. The Hall–Kier alpha value is -1.44. The second-order valence-corrected chi connectivity index (χ2v) is 2.93. The van der Waals surface area contributed by atoms with Crippen molar-refractivity contribution in [1.82, 2.24) is 4.98 Å². The van der Waals surface area contributed by atoms with Crippen LogP contribution in [0.5, 0.6) is 0 Å². The molecule has 0 saturated heterocycles. The Labute approximate surface area is 86.7 Å². The molecular weight excluding hydrogens is 235 g/mol. The number of nitrogens with zero attached hydrogens (tertiary/aromatic N) is 1. The number of nitrogen functional groups attached to an aromatic ring is 1. The lowest BCUT2D eigenvalue weighted by atomic mass is 10.1. The summed E-state index contributed by atoms with van der Waals surface area (Å²) in [6, 6.07) is 0.650. The number of nitrogens with two attached hydrogens (primary N) is 1. The maximum absolute atomic E-state index is 12.3. The van der Waals surface area contributed by atoms with E-state index < -0.39 is 41.8 Å². The molecule has 1 aromatic rings. The van der Waals surface area contributed by atoms with Gasteiger partial charge in [0.25, 0.3) is 6.43 Å². The molecule has 0 atom stereocenters. The lowest BCUT2D eigenvalue weighted by molar-refractivity contribution is -0.140. The Morgan fingerprint density at radius 1 is 1.38 bits per heavy atom. The van der Waals surface area contributed by atoms with E-state index in [0.29, 0.717) is 6.07 Å². The van der Waals surface area contributed by atoms with Gasteiger partial charge in [-0.05, 0) is 6.07 Å². The molecule has 16 heavy (non-hydrogen) atoms. The summed E-state index contributed by atoms with van der Waals surface area (Å²) in [5.74, 6) is 0. The number of alkyl halides is 5. The van der Waals surface area contributed by atoms with Crippen LogP contribution in [0.1, 0.15) is 23.4 Å². The molecule has 0 unspecified atom stereocenters. The van der Waals surface area contributed by atoms with E-state index >= 15 is 0 Å². The van der Waals surface area contributed by atoms with Gasteiger partial charge in [-0.1, -0.05) is 0 Å². The molecule has 0 aliphatic heterocycles. The molecule has 90 valence electrons. The molecule has 0 spiro atoms. The van der Waals surface area contributed by atoms with E-state index in [1.54, 1.807) is 0 Å². The molecule has 0 aliphatic rings. The minimum atomic E-state index is -4.90. The standard InChI is InChI=1S/C8H7F5N2O/c9-7(10)5-3(2-16)1-4(14)6(15-5)8(11,12)13/h1,7,16H,2,14H2. The van der Waals surface area contributed by atoms with Crippen molar-refractivity contribution in [3.05, 3.63) is 23.0 Å². The normalized spacial score (nSPS) is 12.2. The van der Waals surface area contributed by atoms with Crippen LogP contribution >= 0.6 is 0 Å².